The van der Waals surface area contributed by atoms with E-state index in [1.54, 1.807) is 0 Å². The van der Waals surface area contributed by atoms with Crippen LogP contribution in [0.5, 0.6) is 0 Å². The summed E-state index contributed by atoms with van der Waals surface area (Å²) in [5.41, 5.74) is 0.0263. The van der Waals surface area contributed by atoms with Gasteiger partial charge in [-0.05, 0) is 20.0 Å². The molecule has 0 aliphatic rings. The van der Waals surface area contributed by atoms with Crippen molar-refractivity contribution in [1.82, 2.24) is 14.3 Å². The number of aromatic nitrogens is 2. The van der Waals surface area contributed by atoms with E-state index >= 15 is 0 Å². The highest BCUT2D eigenvalue weighted by molar-refractivity contribution is 7.09. The lowest BCUT2D eigenvalue weighted by molar-refractivity contribution is 0.295. The van der Waals surface area contributed by atoms with Crippen molar-refractivity contribution in [2.75, 3.05) is 25.0 Å². The third kappa shape index (κ3) is 4.53. The summed E-state index contributed by atoms with van der Waals surface area (Å²) >= 11 is 1.46. The molecule has 1 N–H and O–H groups in total. The molecule has 4 nitrogen and oxygen atoms in total. The molecule has 1 rings (SSSR count). The Morgan fingerprint density at radius 3 is 2.33 bits per heavy atom. The maximum Gasteiger partial charge on any atom is 0.202 e. The van der Waals surface area contributed by atoms with Gasteiger partial charge < -0.3 is 10.2 Å². The molecule has 0 bridgehead atoms. The standard InChI is InChI=1S/C13H26N4S/c1-7-17(8-2)9-10(3)14-12-15-11(16-18-12)13(4,5)6/h10H,7-9H2,1-6H3,(H,14,15,16). The minimum atomic E-state index is 0.0263. The Balaban J connectivity index is 2.54. The molecule has 0 saturated carbocycles. The third-order valence-electron chi connectivity index (χ3n) is 2.89. The van der Waals surface area contributed by atoms with Gasteiger partial charge in [-0.3, -0.25) is 0 Å². The smallest absolute Gasteiger partial charge is 0.202 e. The van der Waals surface area contributed by atoms with E-state index < -0.39 is 0 Å². The van der Waals surface area contributed by atoms with Crippen LogP contribution in [0.25, 0.3) is 0 Å². The number of anilines is 1. The molecule has 0 spiro atoms. The predicted molar refractivity (Wildman–Crippen MR) is 79.5 cm³/mol. The molecule has 0 aromatic carbocycles. The van der Waals surface area contributed by atoms with Gasteiger partial charge in [0.15, 0.2) is 0 Å². The van der Waals surface area contributed by atoms with Crippen molar-refractivity contribution in [2.45, 2.75) is 53.0 Å². The maximum absolute atomic E-state index is 4.56. The Labute approximate surface area is 115 Å². The summed E-state index contributed by atoms with van der Waals surface area (Å²) < 4.78 is 4.41. The molecule has 0 aliphatic carbocycles. The fourth-order valence-electron chi connectivity index (χ4n) is 1.71. The molecule has 1 heterocycles. The van der Waals surface area contributed by atoms with Crippen LogP contribution in [0, 0.1) is 0 Å². The molecule has 18 heavy (non-hydrogen) atoms. The van der Waals surface area contributed by atoms with Gasteiger partial charge in [0.1, 0.15) is 5.82 Å². The van der Waals surface area contributed by atoms with E-state index in [1.807, 2.05) is 0 Å². The first kappa shape index (κ1) is 15.4. The van der Waals surface area contributed by atoms with E-state index in [1.165, 1.54) is 11.5 Å². The average Bonchev–Trinajstić information content (AvgIpc) is 2.74. The minimum Gasteiger partial charge on any atom is -0.357 e. The van der Waals surface area contributed by atoms with Crippen molar-refractivity contribution in [3.63, 3.8) is 0 Å². The third-order valence-corrected chi connectivity index (χ3v) is 3.54. The van der Waals surface area contributed by atoms with Gasteiger partial charge in [0, 0.05) is 29.5 Å². The normalized spacial score (nSPS) is 13.9. The van der Waals surface area contributed by atoms with Gasteiger partial charge in [0.25, 0.3) is 0 Å². The van der Waals surface area contributed by atoms with Crippen molar-refractivity contribution < 1.29 is 0 Å². The number of rotatable bonds is 6. The summed E-state index contributed by atoms with van der Waals surface area (Å²) in [6, 6.07) is 0.394. The zero-order valence-corrected chi connectivity index (χ0v) is 13.3. The molecule has 1 aromatic heterocycles. The number of hydrogen-bond acceptors (Lipinski definition) is 5. The predicted octanol–water partition coefficient (Wildman–Crippen LogP) is 2.98. The maximum atomic E-state index is 4.56. The zero-order valence-electron chi connectivity index (χ0n) is 12.4. The summed E-state index contributed by atoms with van der Waals surface area (Å²) in [4.78, 5) is 6.96. The van der Waals surface area contributed by atoms with Crippen LogP contribution >= 0.6 is 11.5 Å². The van der Waals surface area contributed by atoms with Crippen LogP contribution in [0.1, 0.15) is 47.4 Å². The Hall–Kier alpha value is -0.680. The number of nitrogens with zero attached hydrogens (tertiary/aromatic N) is 3. The summed E-state index contributed by atoms with van der Waals surface area (Å²) in [7, 11) is 0. The van der Waals surface area contributed by atoms with E-state index in [0.29, 0.717) is 6.04 Å². The molecule has 0 amide bonds. The molecule has 104 valence electrons. The first-order valence-corrected chi connectivity index (χ1v) is 7.47. The van der Waals surface area contributed by atoms with Crippen LogP contribution in [0.2, 0.25) is 0 Å². The van der Waals surface area contributed by atoms with Crippen LogP contribution in [0.15, 0.2) is 0 Å². The van der Waals surface area contributed by atoms with Gasteiger partial charge in [-0.15, -0.1) is 0 Å². The summed E-state index contributed by atoms with van der Waals surface area (Å²) in [6.45, 7) is 16.2. The second-order valence-corrected chi connectivity index (χ2v) is 6.46. The molecule has 1 atom stereocenters. The van der Waals surface area contributed by atoms with Gasteiger partial charge >= 0.3 is 0 Å². The second kappa shape index (κ2) is 6.48. The van der Waals surface area contributed by atoms with Crippen LogP contribution < -0.4 is 5.32 Å². The SMILES string of the molecule is CCN(CC)CC(C)Nc1nc(C(C)(C)C)ns1. The molecule has 5 heteroatoms. The van der Waals surface area contributed by atoms with Gasteiger partial charge in [-0.25, -0.2) is 4.98 Å². The first-order chi connectivity index (χ1) is 8.36. The number of nitrogens with one attached hydrogen (secondary N) is 1. The summed E-state index contributed by atoms with van der Waals surface area (Å²) in [5, 5.41) is 4.37. The van der Waals surface area contributed by atoms with Gasteiger partial charge in [-0.1, -0.05) is 34.6 Å². The van der Waals surface area contributed by atoms with Gasteiger partial charge in [0.2, 0.25) is 5.13 Å². The van der Waals surface area contributed by atoms with Gasteiger partial charge in [0.05, 0.1) is 0 Å². The lowest BCUT2D eigenvalue weighted by atomic mass is 9.96. The summed E-state index contributed by atoms with van der Waals surface area (Å²) in [6.07, 6.45) is 0. The van der Waals surface area contributed by atoms with E-state index in [-0.39, 0.29) is 5.41 Å². The molecular weight excluding hydrogens is 244 g/mol. The quantitative estimate of drug-likeness (QED) is 0.863. The highest BCUT2D eigenvalue weighted by atomic mass is 32.1. The minimum absolute atomic E-state index is 0.0263. The second-order valence-electron chi connectivity index (χ2n) is 5.70. The Bertz CT molecular complexity index is 352. The molecule has 1 unspecified atom stereocenters. The Morgan fingerprint density at radius 2 is 1.89 bits per heavy atom. The average molecular weight is 270 g/mol. The van der Waals surface area contributed by atoms with E-state index in [9.17, 15) is 0 Å². The summed E-state index contributed by atoms with van der Waals surface area (Å²) in [5.74, 6) is 0.921. The van der Waals surface area contributed by atoms with Crippen LogP contribution in [-0.2, 0) is 5.41 Å². The van der Waals surface area contributed by atoms with Crippen molar-refractivity contribution >= 4 is 16.7 Å². The molecule has 0 aliphatic heterocycles. The van der Waals surface area contributed by atoms with Crippen molar-refractivity contribution in [1.29, 1.82) is 0 Å². The molecule has 0 radical (unpaired) electrons. The fraction of sp³-hybridized carbons (Fsp3) is 0.846. The Kier molecular flexibility index (Phi) is 5.53. The number of likely N-dealkylation sites (N-methyl/N-ethyl adjacent to an activating group) is 1. The molecule has 0 fully saturated rings. The van der Waals surface area contributed by atoms with Crippen LogP contribution in [0.4, 0.5) is 5.13 Å². The van der Waals surface area contributed by atoms with E-state index in [4.69, 9.17) is 0 Å². The largest absolute Gasteiger partial charge is 0.357 e. The van der Waals surface area contributed by atoms with Crippen molar-refractivity contribution in [3.05, 3.63) is 5.82 Å². The van der Waals surface area contributed by atoms with Crippen LogP contribution in [-0.4, -0.2) is 39.9 Å². The molecular formula is C13H26N4S. The van der Waals surface area contributed by atoms with E-state index in [2.05, 4.69) is 61.1 Å². The van der Waals surface area contributed by atoms with Gasteiger partial charge in [-0.2, -0.15) is 4.37 Å². The monoisotopic (exact) mass is 270 g/mol. The first-order valence-electron chi connectivity index (χ1n) is 6.69. The van der Waals surface area contributed by atoms with E-state index in [0.717, 1.165) is 30.6 Å². The number of hydrogen-bond donors (Lipinski definition) is 1. The highest BCUT2D eigenvalue weighted by Gasteiger charge is 2.20. The lowest BCUT2D eigenvalue weighted by Crippen LogP contribution is -2.34. The molecule has 1 aromatic rings. The fourth-order valence-corrected chi connectivity index (χ4v) is 2.58. The highest BCUT2D eigenvalue weighted by Crippen LogP contribution is 2.23. The molecule has 0 saturated heterocycles. The zero-order chi connectivity index (χ0) is 13.8. The van der Waals surface area contributed by atoms with Crippen molar-refractivity contribution in [3.8, 4) is 0 Å². The lowest BCUT2D eigenvalue weighted by Gasteiger charge is -2.23. The van der Waals surface area contributed by atoms with Crippen molar-refractivity contribution in [2.24, 2.45) is 0 Å². The topological polar surface area (TPSA) is 41.0 Å². The van der Waals surface area contributed by atoms with Crippen LogP contribution in [0.3, 0.4) is 0 Å². The Morgan fingerprint density at radius 1 is 1.28 bits per heavy atom.